The van der Waals surface area contributed by atoms with Crippen LogP contribution in [0.1, 0.15) is 5.69 Å². The Morgan fingerprint density at radius 2 is 2.25 bits per heavy atom. The van der Waals surface area contributed by atoms with Gasteiger partial charge in [-0.15, -0.1) is 10.2 Å². The Kier molecular flexibility index (Phi) is 1.73. The molecule has 0 saturated heterocycles. The zero-order chi connectivity index (χ0) is 8.55. The Balaban J connectivity index is 2.82. The molecule has 0 aliphatic heterocycles. The molecule has 0 amide bonds. The quantitative estimate of drug-likeness (QED) is 0.617. The van der Waals surface area contributed by atoms with Gasteiger partial charge in [0, 0.05) is 12.4 Å². The van der Waals surface area contributed by atoms with Crippen molar-refractivity contribution >= 4 is 17.4 Å². The van der Waals surface area contributed by atoms with Gasteiger partial charge < -0.3 is 0 Å². The maximum atomic E-state index is 4.17. The number of aromatic nitrogens is 4. The minimum Gasteiger partial charge on any atom is -0.276 e. The first-order valence-corrected chi connectivity index (χ1v) is 4.75. The molecule has 2 aromatic heterocycles. The molecule has 5 heteroatoms. The summed E-state index contributed by atoms with van der Waals surface area (Å²) in [5.41, 5.74) is 1.74. The second-order valence-corrected chi connectivity index (χ2v) is 3.17. The van der Waals surface area contributed by atoms with Gasteiger partial charge in [0.25, 0.3) is 0 Å². The van der Waals surface area contributed by atoms with Crippen molar-refractivity contribution in [2.45, 2.75) is 12.1 Å². The fraction of sp³-hybridized carbons (Fsp3) is 0.286. The minimum atomic E-state index is 0.859. The van der Waals surface area contributed by atoms with Crippen LogP contribution in [-0.4, -0.2) is 25.8 Å². The van der Waals surface area contributed by atoms with E-state index in [-0.39, 0.29) is 0 Å². The van der Waals surface area contributed by atoms with E-state index in [1.807, 2.05) is 23.8 Å². The molecule has 0 saturated carbocycles. The molecule has 2 rings (SSSR count). The van der Waals surface area contributed by atoms with Gasteiger partial charge in [0.1, 0.15) is 5.69 Å². The van der Waals surface area contributed by atoms with Gasteiger partial charge in [-0.1, -0.05) is 11.8 Å². The number of hydrogen-bond donors (Lipinski definition) is 0. The summed E-state index contributed by atoms with van der Waals surface area (Å²) in [6.07, 6.45) is 5.62. The molecule has 12 heavy (non-hydrogen) atoms. The lowest BCUT2D eigenvalue weighted by atomic mass is 10.5. The molecule has 4 nitrogen and oxygen atoms in total. The maximum Gasteiger partial charge on any atom is 0.195 e. The van der Waals surface area contributed by atoms with E-state index in [4.69, 9.17) is 0 Å². The first-order valence-electron chi connectivity index (χ1n) is 3.53. The van der Waals surface area contributed by atoms with Crippen LogP contribution in [0, 0.1) is 6.92 Å². The number of fused-ring (bicyclic) bond motifs is 1. The zero-order valence-electron chi connectivity index (χ0n) is 6.85. The molecule has 0 aliphatic carbocycles. The molecule has 0 unspecified atom stereocenters. The van der Waals surface area contributed by atoms with Gasteiger partial charge >= 0.3 is 0 Å². The third kappa shape index (κ3) is 0.972. The molecule has 0 bridgehead atoms. The van der Waals surface area contributed by atoms with E-state index in [2.05, 4.69) is 15.2 Å². The normalized spacial score (nSPS) is 10.8. The summed E-state index contributed by atoms with van der Waals surface area (Å²) in [5.74, 6) is 0. The number of hydrogen-bond acceptors (Lipinski definition) is 4. The van der Waals surface area contributed by atoms with E-state index in [0.717, 1.165) is 16.5 Å². The van der Waals surface area contributed by atoms with E-state index in [1.165, 1.54) is 0 Å². The average molecular weight is 180 g/mol. The van der Waals surface area contributed by atoms with Gasteiger partial charge in [0.2, 0.25) is 0 Å². The van der Waals surface area contributed by atoms with E-state index >= 15 is 0 Å². The Hall–Kier alpha value is -1.10. The smallest absolute Gasteiger partial charge is 0.195 e. The van der Waals surface area contributed by atoms with Crippen molar-refractivity contribution in [3.63, 3.8) is 0 Å². The van der Waals surface area contributed by atoms with E-state index in [0.29, 0.717) is 0 Å². The lowest BCUT2D eigenvalue weighted by Crippen LogP contribution is -1.98. The topological polar surface area (TPSA) is 43.1 Å². The maximum absolute atomic E-state index is 4.17. The molecule has 0 spiro atoms. The summed E-state index contributed by atoms with van der Waals surface area (Å²) < 4.78 is 1.94. The molecule has 0 aliphatic rings. The van der Waals surface area contributed by atoms with Crippen LogP contribution in [0.3, 0.4) is 0 Å². The molecule has 0 fully saturated rings. The lowest BCUT2D eigenvalue weighted by Gasteiger charge is -2.00. The molecule has 2 aromatic rings. The van der Waals surface area contributed by atoms with Crippen molar-refractivity contribution in [3.05, 3.63) is 18.1 Å². The van der Waals surface area contributed by atoms with Gasteiger partial charge in [0.05, 0.1) is 0 Å². The number of nitrogens with zero attached hydrogens (tertiary/aromatic N) is 4. The monoisotopic (exact) mass is 180 g/mol. The third-order valence-corrected chi connectivity index (χ3v) is 2.28. The van der Waals surface area contributed by atoms with Crippen molar-refractivity contribution < 1.29 is 0 Å². The van der Waals surface area contributed by atoms with Crippen LogP contribution in [0.2, 0.25) is 0 Å². The van der Waals surface area contributed by atoms with Crippen molar-refractivity contribution in [1.82, 2.24) is 19.6 Å². The van der Waals surface area contributed by atoms with E-state index in [9.17, 15) is 0 Å². The third-order valence-electron chi connectivity index (χ3n) is 1.64. The van der Waals surface area contributed by atoms with E-state index < -0.39 is 0 Å². The first-order chi connectivity index (χ1) is 5.83. The summed E-state index contributed by atoms with van der Waals surface area (Å²) >= 11 is 1.56. The Morgan fingerprint density at radius 3 is 3.00 bits per heavy atom. The Morgan fingerprint density at radius 1 is 1.42 bits per heavy atom. The summed E-state index contributed by atoms with van der Waals surface area (Å²) in [6, 6.07) is 0. The van der Waals surface area contributed by atoms with Crippen LogP contribution in [0.15, 0.2) is 17.6 Å². The van der Waals surface area contributed by atoms with Gasteiger partial charge in [-0.3, -0.25) is 4.40 Å². The molecule has 0 aromatic carbocycles. The second kappa shape index (κ2) is 2.75. The average Bonchev–Trinajstić information content (AvgIpc) is 2.54. The lowest BCUT2D eigenvalue weighted by molar-refractivity contribution is 0.788. The predicted octanol–water partition coefficient (Wildman–Crippen LogP) is 1.15. The van der Waals surface area contributed by atoms with Crippen LogP contribution >= 0.6 is 11.8 Å². The van der Waals surface area contributed by atoms with Crippen LogP contribution in [0.4, 0.5) is 0 Å². The van der Waals surface area contributed by atoms with Crippen LogP contribution in [-0.2, 0) is 0 Å². The van der Waals surface area contributed by atoms with Crippen molar-refractivity contribution in [1.29, 1.82) is 0 Å². The highest BCUT2D eigenvalue weighted by Gasteiger charge is 2.04. The first kappa shape index (κ1) is 7.54. The van der Waals surface area contributed by atoms with Crippen molar-refractivity contribution in [2.24, 2.45) is 0 Å². The van der Waals surface area contributed by atoms with Crippen LogP contribution in [0.5, 0.6) is 0 Å². The summed E-state index contributed by atoms with van der Waals surface area (Å²) in [7, 11) is 0. The van der Waals surface area contributed by atoms with Gasteiger partial charge in [-0.05, 0) is 13.2 Å². The van der Waals surface area contributed by atoms with Crippen LogP contribution in [0.25, 0.3) is 5.65 Å². The van der Waals surface area contributed by atoms with Crippen LogP contribution < -0.4 is 0 Å². The molecule has 62 valence electrons. The SMILES string of the molecule is CSc1nnc(C)c2nccn12. The molecule has 0 N–H and O–H groups in total. The number of imidazole rings is 1. The Bertz CT molecular complexity index is 409. The van der Waals surface area contributed by atoms with Gasteiger partial charge in [0.15, 0.2) is 10.8 Å². The van der Waals surface area contributed by atoms with Gasteiger partial charge in [-0.2, -0.15) is 0 Å². The minimum absolute atomic E-state index is 0.859. The zero-order valence-corrected chi connectivity index (χ0v) is 7.67. The number of aryl methyl sites for hydroxylation is 1. The molecule has 0 atom stereocenters. The molecular formula is C7H8N4S. The van der Waals surface area contributed by atoms with Crippen molar-refractivity contribution in [3.8, 4) is 0 Å². The summed E-state index contributed by atoms with van der Waals surface area (Å²) in [5, 5.41) is 8.90. The van der Waals surface area contributed by atoms with Crippen molar-refractivity contribution in [2.75, 3.05) is 6.26 Å². The number of thioether (sulfide) groups is 1. The number of rotatable bonds is 1. The largest absolute Gasteiger partial charge is 0.276 e. The molecular weight excluding hydrogens is 172 g/mol. The highest BCUT2D eigenvalue weighted by Crippen LogP contribution is 2.13. The highest BCUT2D eigenvalue weighted by molar-refractivity contribution is 7.98. The molecule has 2 heterocycles. The Labute approximate surface area is 74.0 Å². The fourth-order valence-corrected chi connectivity index (χ4v) is 1.54. The van der Waals surface area contributed by atoms with E-state index in [1.54, 1.807) is 18.0 Å². The second-order valence-electron chi connectivity index (χ2n) is 2.39. The predicted molar refractivity (Wildman–Crippen MR) is 47.3 cm³/mol. The van der Waals surface area contributed by atoms with Gasteiger partial charge in [-0.25, -0.2) is 4.98 Å². The molecule has 0 radical (unpaired) electrons. The highest BCUT2D eigenvalue weighted by atomic mass is 32.2. The summed E-state index contributed by atoms with van der Waals surface area (Å²) in [4.78, 5) is 4.17. The standard InChI is InChI=1S/C7H8N4S/c1-5-6-8-3-4-11(6)7(12-2)10-9-5/h3-4H,1-2H3. The summed E-state index contributed by atoms with van der Waals surface area (Å²) in [6.45, 7) is 1.90. The fourth-order valence-electron chi connectivity index (χ4n) is 1.08.